The highest BCUT2D eigenvalue weighted by Gasteiger charge is 2.08. The van der Waals surface area contributed by atoms with E-state index < -0.39 is 28.8 Å². The topological polar surface area (TPSA) is 151 Å². The highest BCUT2D eigenvalue weighted by atomic mass is 35.5. The smallest absolute Gasteiger partial charge is 0.328 e. The van der Waals surface area contributed by atoms with Crippen LogP contribution in [0.3, 0.4) is 0 Å². The van der Waals surface area contributed by atoms with Crippen LogP contribution in [0.4, 0.5) is 11.4 Å². The minimum atomic E-state index is -1.50. The molecule has 3 N–H and O–H groups in total. The first kappa shape index (κ1) is 14.5. The number of aromatic amines is 2. The van der Waals surface area contributed by atoms with Gasteiger partial charge in [-0.3, -0.25) is 14.8 Å². The lowest BCUT2D eigenvalue weighted by Crippen LogP contribution is -2.22. The summed E-state index contributed by atoms with van der Waals surface area (Å²) in [6, 6.07) is 3.69. The van der Waals surface area contributed by atoms with E-state index in [9.17, 15) is 24.6 Å². The van der Waals surface area contributed by atoms with E-state index >= 15 is 0 Å². The van der Waals surface area contributed by atoms with E-state index in [0.717, 1.165) is 6.07 Å². The number of nitrogens with zero attached hydrogens (tertiary/aromatic N) is 2. The minimum Gasteiger partial charge on any atom is -0.545 e. The van der Waals surface area contributed by atoms with Crippen molar-refractivity contribution in [2.24, 2.45) is 10.2 Å². The molecule has 1 aromatic carbocycles. The normalized spacial score (nSPS) is 10.9. The van der Waals surface area contributed by atoms with Gasteiger partial charge in [0.1, 0.15) is 0 Å². The highest BCUT2D eigenvalue weighted by molar-refractivity contribution is 6.33. The van der Waals surface area contributed by atoms with Gasteiger partial charge in [0.2, 0.25) is 11.6 Å². The number of hydrogen-bond acceptors (Lipinski definition) is 7. The number of carbonyl (C=O) groups excluding carboxylic acids is 1. The van der Waals surface area contributed by atoms with Crippen molar-refractivity contribution in [1.82, 2.24) is 9.97 Å². The Hall–Kier alpha value is -2.94. The predicted octanol–water partition coefficient (Wildman–Crippen LogP) is 0.201. The first-order valence-corrected chi connectivity index (χ1v) is 5.74. The zero-order chi connectivity index (χ0) is 15.6. The van der Waals surface area contributed by atoms with Crippen molar-refractivity contribution < 1.29 is 15.0 Å². The molecule has 1 heterocycles. The van der Waals surface area contributed by atoms with Crippen molar-refractivity contribution in [2.75, 3.05) is 0 Å². The zero-order valence-corrected chi connectivity index (χ0v) is 10.8. The van der Waals surface area contributed by atoms with Crippen molar-refractivity contribution in [2.45, 2.75) is 0 Å². The van der Waals surface area contributed by atoms with E-state index in [1.165, 1.54) is 12.1 Å². The molecule has 21 heavy (non-hydrogen) atoms. The summed E-state index contributed by atoms with van der Waals surface area (Å²) in [4.78, 5) is 36.8. The molecule has 108 valence electrons. The summed E-state index contributed by atoms with van der Waals surface area (Å²) in [7, 11) is 0. The van der Waals surface area contributed by atoms with Gasteiger partial charge in [0, 0.05) is 10.6 Å². The second kappa shape index (κ2) is 5.59. The van der Waals surface area contributed by atoms with Gasteiger partial charge in [0.05, 0.1) is 11.7 Å². The number of nitrogens with one attached hydrogen (secondary N) is 2. The number of azo groups is 1. The monoisotopic (exact) mass is 309 g/mol. The fourth-order valence-electron chi connectivity index (χ4n) is 1.40. The number of aromatic nitrogens is 2. The highest BCUT2D eigenvalue weighted by Crippen LogP contribution is 2.24. The fraction of sp³-hybridized carbons (Fsp3) is 0. The molecule has 0 bridgehead atoms. The molecule has 0 aliphatic heterocycles. The lowest BCUT2D eigenvalue weighted by Gasteiger charge is -2.05. The summed E-state index contributed by atoms with van der Waals surface area (Å²) in [5, 5.41) is 27.2. The number of aromatic hydroxyl groups is 1. The van der Waals surface area contributed by atoms with E-state index in [0.29, 0.717) is 0 Å². The van der Waals surface area contributed by atoms with E-state index in [2.05, 4.69) is 10.2 Å². The van der Waals surface area contributed by atoms with Gasteiger partial charge in [0.25, 0.3) is 5.56 Å². The Morgan fingerprint density at radius 2 is 1.95 bits per heavy atom. The lowest BCUT2D eigenvalue weighted by atomic mass is 10.2. The number of carboxylic acids is 1. The second-order valence-corrected chi connectivity index (χ2v) is 4.16. The maximum Gasteiger partial charge on any atom is 0.328 e. The SMILES string of the molecule is O=C([O-])c1cc(N=Nc2c(O)[nH]c(=O)[nH]c2=O)ccc1Cl. The summed E-state index contributed by atoms with van der Waals surface area (Å²) >= 11 is 5.65. The number of benzene rings is 1. The predicted molar refractivity (Wildman–Crippen MR) is 69.3 cm³/mol. The van der Waals surface area contributed by atoms with Crippen LogP contribution in [0.25, 0.3) is 0 Å². The van der Waals surface area contributed by atoms with Crippen molar-refractivity contribution in [1.29, 1.82) is 0 Å². The van der Waals surface area contributed by atoms with Gasteiger partial charge in [-0.15, -0.1) is 5.11 Å². The summed E-state index contributed by atoms with van der Waals surface area (Å²) in [6.45, 7) is 0. The Bertz CT molecular complexity index is 854. The standard InChI is InChI=1S/C11H7ClN4O5/c12-6-2-1-4(3-5(6)10(19)20)15-16-7-8(17)13-11(21)14-9(7)18/h1-3H,(H,19,20)(H3,13,14,17,18,21)/p-1. The molecular weight excluding hydrogens is 304 g/mol. The maximum atomic E-state index is 11.4. The molecule has 2 rings (SSSR count). The maximum absolute atomic E-state index is 11.4. The van der Waals surface area contributed by atoms with E-state index in [1.54, 1.807) is 0 Å². The largest absolute Gasteiger partial charge is 0.545 e. The third-order valence-corrected chi connectivity index (χ3v) is 2.66. The van der Waals surface area contributed by atoms with Crippen LogP contribution in [-0.2, 0) is 0 Å². The molecule has 0 spiro atoms. The third-order valence-electron chi connectivity index (χ3n) is 2.33. The third kappa shape index (κ3) is 3.15. The first-order chi connectivity index (χ1) is 9.88. The Balaban J connectivity index is 2.43. The van der Waals surface area contributed by atoms with Gasteiger partial charge >= 0.3 is 5.69 Å². The molecule has 2 aromatic rings. The number of halogens is 1. The van der Waals surface area contributed by atoms with Crippen LogP contribution in [0.5, 0.6) is 5.88 Å². The van der Waals surface area contributed by atoms with Gasteiger partial charge < -0.3 is 15.0 Å². The van der Waals surface area contributed by atoms with Crippen molar-refractivity contribution in [3.05, 3.63) is 49.6 Å². The number of rotatable bonds is 3. The Morgan fingerprint density at radius 3 is 2.57 bits per heavy atom. The number of carboxylic acid groups (broad SMARTS) is 1. The van der Waals surface area contributed by atoms with Gasteiger partial charge in [-0.1, -0.05) is 11.6 Å². The van der Waals surface area contributed by atoms with Crippen LogP contribution in [0.1, 0.15) is 10.4 Å². The summed E-state index contributed by atoms with van der Waals surface area (Å²) in [5.41, 5.74) is -2.62. The van der Waals surface area contributed by atoms with E-state index in [4.69, 9.17) is 11.6 Å². The molecule has 10 heteroatoms. The number of H-pyrrole nitrogens is 2. The average Bonchev–Trinajstić information content (AvgIpc) is 2.38. The molecule has 0 saturated heterocycles. The van der Waals surface area contributed by atoms with Gasteiger partial charge in [-0.05, 0) is 18.2 Å². The second-order valence-electron chi connectivity index (χ2n) is 3.76. The van der Waals surface area contributed by atoms with Crippen LogP contribution in [0.15, 0.2) is 38.0 Å². The summed E-state index contributed by atoms with van der Waals surface area (Å²) < 4.78 is 0. The Kier molecular flexibility index (Phi) is 3.85. The fourth-order valence-corrected chi connectivity index (χ4v) is 1.59. The van der Waals surface area contributed by atoms with E-state index in [1.807, 2.05) is 9.97 Å². The molecule has 0 amide bonds. The van der Waals surface area contributed by atoms with Crippen LogP contribution in [-0.4, -0.2) is 21.0 Å². The van der Waals surface area contributed by atoms with Crippen LogP contribution in [0.2, 0.25) is 5.02 Å². The molecule has 1 aromatic heterocycles. The summed E-state index contributed by atoms with van der Waals surface area (Å²) in [5.74, 6) is -2.26. The number of carbonyl (C=O) groups is 1. The van der Waals surface area contributed by atoms with Gasteiger partial charge in [-0.25, -0.2) is 4.79 Å². The van der Waals surface area contributed by atoms with Crippen LogP contribution >= 0.6 is 11.6 Å². The molecule has 0 aliphatic rings. The molecule has 0 aliphatic carbocycles. The minimum absolute atomic E-state index is 0.0429. The van der Waals surface area contributed by atoms with Crippen LogP contribution < -0.4 is 16.4 Å². The number of hydrogen-bond donors (Lipinski definition) is 3. The molecule has 0 fully saturated rings. The quantitative estimate of drug-likeness (QED) is 0.692. The number of aromatic carboxylic acids is 1. The van der Waals surface area contributed by atoms with Gasteiger partial charge in [-0.2, -0.15) is 5.11 Å². The molecule has 0 radical (unpaired) electrons. The average molecular weight is 310 g/mol. The Morgan fingerprint density at radius 1 is 1.24 bits per heavy atom. The van der Waals surface area contributed by atoms with Crippen molar-refractivity contribution in [3.63, 3.8) is 0 Å². The molecule has 0 saturated carbocycles. The van der Waals surface area contributed by atoms with E-state index in [-0.39, 0.29) is 16.3 Å². The lowest BCUT2D eigenvalue weighted by molar-refractivity contribution is -0.255. The summed E-state index contributed by atoms with van der Waals surface area (Å²) in [6.07, 6.45) is 0. The molecule has 0 atom stereocenters. The van der Waals surface area contributed by atoms with Crippen molar-refractivity contribution >= 4 is 28.9 Å². The molecule has 0 unspecified atom stereocenters. The van der Waals surface area contributed by atoms with Gasteiger partial charge in [0.15, 0.2) is 0 Å². The zero-order valence-electron chi connectivity index (χ0n) is 10.1. The van der Waals surface area contributed by atoms with Crippen LogP contribution in [0, 0.1) is 0 Å². The molecular formula is C11H6ClN4O5-. The Labute approximate surface area is 120 Å². The first-order valence-electron chi connectivity index (χ1n) is 5.36. The van der Waals surface area contributed by atoms with Crippen molar-refractivity contribution in [3.8, 4) is 5.88 Å². The molecule has 9 nitrogen and oxygen atoms in total.